The lowest BCUT2D eigenvalue weighted by Crippen LogP contribution is -2.13. The summed E-state index contributed by atoms with van der Waals surface area (Å²) in [5, 5.41) is 16.6. The monoisotopic (exact) mass is 166 g/mol. The molecule has 2 aromatic heterocycles. The zero-order valence-electron chi connectivity index (χ0n) is 6.35. The maximum atomic E-state index is 11.2. The lowest BCUT2D eigenvalue weighted by atomic mass is 10.5. The Morgan fingerprint density at radius 3 is 3.08 bits per heavy atom. The molecule has 7 heteroatoms. The Kier molecular flexibility index (Phi) is 1.36. The minimum atomic E-state index is -0.313. The average molecular weight is 166 g/mol. The molecule has 2 aromatic rings. The van der Waals surface area contributed by atoms with Crippen LogP contribution in [0.3, 0.4) is 0 Å². The number of fused-ring (bicyclic) bond motifs is 1. The van der Waals surface area contributed by atoms with E-state index in [0.29, 0.717) is 12.1 Å². The van der Waals surface area contributed by atoms with Crippen LogP contribution in [0.4, 0.5) is 0 Å². The van der Waals surface area contributed by atoms with E-state index in [1.807, 2.05) is 6.92 Å². The van der Waals surface area contributed by atoms with Gasteiger partial charge in [-0.1, -0.05) is 10.4 Å². The predicted octanol–water partition coefficient (Wildman–Crippen LogP) is -1.07. The normalized spacial score (nSPS) is 10.8. The molecule has 1 N–H and O–H groups in total. The van der Waals surface area contributed by atoms with Gasteiger partial charge in [0.15, 0.2) is 5.52 Å². The van der Waals surface area contributed by atoms with Crippen LogP contribution in [0.15, 0.2) is 4.79 Å². The van der Waals surface area contributed by atoms with Crippen LogP contribution in [0.25, 0.3) is 11.2 Å². The molecule has 0 saturated carbocycles. The molecule has 2 rings (SSSR count). The summed E-state index contributed by atoms with van der Waals surface area (Å²) in [6, 6.07) is 0. The summed E-state index contributed by atoms with van der Waals surface area (Å²) < 4.78 is 1.48. The predicted molar refractivity (Wildman–Crippen MR) is 39.4 cm³/mol. The Balaban J connectivity index is 2.92. The molecule has 12 heavy (non-hydrogen) atoms. The van der Waals surface area contributed by atoms with E-state index in [2.05, 4.69) is 25.7 Å². The number of nitrogens with zero attached hydrogens (tertiary/aromatic N) is 5. The van der Waals surface area contributed by atoms with Crippen LogP contribution >= 0.6 is 0 Å². The fourth-order valence-corrected chi connectivity index (χ4v) is 0.982. The van der Waals surface area contributed by atoms with Crippen molar-refractivity contribution in [2.24, 2.45) is 0 Å². The maximum absolute atomic E-state index is 11.2. The van der Waals surface area contributed by atoms with E-state index in [-0.39, 0.29) is 11.2 Å². The van der Waals surface area contributed by atoms with Gasteiger partial charge in [0.1, 0.15) is 0 Å². The highest BCUT2D eigenvalue weighted by Crippen LogP contribution is 1.97. The van der Waals surface area contributed by atoms with Crippen LogP contribution in [0.1, 0.15) is 6.92 Å². The van der Waals surface area contributed by atoms with Gasteiger partial charge in [0.25, 0.3) is 5.56 Å². The van der Waals surface area contributed by atoms with E-state index in [4.69, 9.17) is 0 Å². The van der Waals surface area contributed by atoms with Gasteiger partial charge in [-0.05, 0) is 6.92 Å². The molecule has 0 aliphatic carbocycles. The molecule has 0 atom stereocenters. The van der Waals surface area contributed by atoms with Gasteiger partial charge >= 0.3 is 0 Å². The third-order valence-electron chi connectivity index (χ3n) is 1.53. The highest BCUT2D eigenvalue weighted by molar-refractivity contribution is 5.66. The Labute approximate surface area is 66.4 Å². The number of H-pyrrole nitrogens is 1. The van der Waals surface area contributed by atoms with E-state index in [0.717, 1.165) is 0 Å². The Morgan fingerprint density at radius 2 is 2.33 bits per heavy atom. The summed E-state index contributed by atoms with van der Waals surface area (Å²) >= 11 is 0. The van der Waals surface area contributed by atoms with Crippen molar-refractivity contribution >= 4 is 11.2 Å². The van der Waals surface area contributed by atoms with Gasteiger partial charge in [-0.3, -0.25) is 4.79 Å². The number of aromatic amines is 1. The first-order valence-electron chi connectivity index (χ1n) is 3.47. The minimum absolute atomic E-state index is 0.278. The summed E-state index contributed by atoms with van der Waals surface area (Å²) in [7, 11) is 0. The minimum Gasteiger partial charge on any atom is -0.265 e. The summed E-state index contributed by atoms with van der Waals surface area (Å²) in [6.07, 6.45) is 0. The van der Waals surface area contributed by atoms with Crippen molar-refractivity contribution in [3.8, 4) is 0 Å². The Bertz CT molecular complexity index is 456. The Morgan fingerprint density at radius 1 is 1.50 bits per heavy atom. The zero-order chi connectivity index (χ0) is 8.55. The summed E-state index contributed by atoms with van der Waals surface area (Å²) in [5.41, 5.74) is 0.333. The number of rotatable bonds is 1. The average Bonchev–Trinajstić information content (AvgIpc) is 2.49. The number of hydrogen-bond donors (Lipinski definition) is 1. The molecule has 0 fully saturated rings. The topological polar surface area (TPSA) is 89.3 Å². The van der Waals surface area contributed by atoms with Crippen molar-refractivity contribution in [1.82, 2.24) is 30.4 Å². The van der Waals surface area contributed by atoms with Crippen LogP contribution in [-0.2, 0) is 6.54 Å². The fraction of sp³-hybridized carbons (Fsp3) is 0.400. The summed E-state index contributed by atoms with van der Waals surface area (Å²) in [4.78, 5) is 11.2. The third kappa shape index (κ3) is 0.792. The lowest BCUT2D eigenvalue weighted by molar-refractivity contribution is 0.644. The van der Waals surface area contributed by atoms with Crippen molar-refractivity contribution in [3.63, 3.8) is 0 Å². The second-order valence-electron chi connectivity index (χ2n) is 2.22. The van der Waals surface area contributed by atoms with Crippen LogP contribution in [0.5, 0.6) is 0 Å². The van der Waals surface area contributed by atoms with Crippen molar-refractivity contribution in [1.29, 1.82) is 0 Å². The standard InChI is InChI=1S/C5H6N6O/c1-2-11-3-4(7-10-11)6-9-8-5(3)12/h2H2,1H3,(H,6,8,12). The van der Waals surface area contributed by atoms with Gasteiger partial charge in [0.05, 0.1) is 0 Å². The largest absolute Gasteiger partial charge is 0.295 e. The van der Waals surface area contributed by atoms with Gasteiger partial charge < -0.3 is 0 Å². The quantitative estimate of drug-likeness (QED) is 0.582. The second-order valence-corrected chi connectivity index (χ2v) is 2.22. The molecular weight excluding hydrogens is 160 g/mol. The molecule has 0 amide bonds. The Hall–Kier alpha value is -1.79. The van der Waals surface area contributed by atoms with Gasteiger partial charge in [0.2, 0.25) is 5.65 Å². The first-order valence-corrected chi connectivity index (χ1v) is 3.47. The zero-order valence-corrected chi connectivity index (χ0v) is 6.35. The number of hydrogen-bond acceptors (Lipinski definition) is 5. The molecule has 0 spiro atoms. The molecule has 0 unspecified atom stereocenters. The van der Waals surface area contributed by atoms with Crippen LogP contribution in [-0.4, -0.2) is 30.4 Å². The molecule has 7 nitrogen and oxygen atoms in total. The second kappa shape index (κ2) is 2.36. The molecule has 0 saturated heterocycles. The fourth-order valence-electron chi connectivity index (χ4n) is 0.982. The van der Waals surface area contributed by atoms with Crippen molar-refractivity contribution in [3.05, 3.63) is 10.4 Å². The van der Waals surface area contributed by atoms with Crippen LogP contribution in [0, 0.1) is 0 Å². The lowest BCUT2D eigenvalue weighted by Gasteiger charge is -1.91. The third-order valence-corrected chi connectivity index (χ3v) is 1.53. The molecule has 0 bridgehead atoms. The van der Waals surface area contributed by atoms with Crippen molar-refractivity contribution in [2.75, 3.05) is 0 Å². The SMILES string of the molecule is CCn1nnc2nn[nH]c(=O)c21. The highest BCUT2D eigenvalue weighted by Gasteiger charge is 2.07. The van der Waals surface area contributed by atoms with Crippen LogP contribution < -0.4 is 5.56 Å². The van der Waals surface area contributed by atoms with E-state index >= 15 is 0 Å². The highest BCUT2D eigenvalue weighted by atomic mass is 16.1. The molecule has 62 valence electrons. The van der Waals surface area contributed by atoms with Gasteiger partial charge in [-0.25, -0.2) is 9.78 Å². The maximum Gasteiger partial charge on any atom is 0.295 e. The molecule has 0 aliphatic heterocycles. The smallest absolute Gasteiger partial charge is 0.265 e. The van der Waals surface area contributed by atoms with E-state index in [1.54, 1.807) is 0 Å². The van der Waals surface area contributed by atoms with E-state index in [1.165, 1.54) is 4.68 Å². The summed E-state index contributed by atoms with van der Waals surface area (Å²) in [5.74, 6) is 0. The molecule has 0 aliphatic rings. The number of nitrogens with one attached hydrogen (secondary N) is 1. The van der Waals surface area contributed by atoms with Crippen molar-refractivity contribution < 1.29 is 0 Å². The van der Waals surface area contributed by atoms with E-state index < -0.39 is 0 Å². The first-order chi connectivity index (χ1) is 5.83. The summed E-state index contributed by atoms with van der Waals surface area (Å²) in [6.45, 7) is 2.46. The van der Waals surface area contributed by atoms with Gasteiger partial charge in [-0.15, -0.1) is 10.2 Å². The number of aromatic nitrogens is 6. The number of aryl methyl sites for hydroxylation is 1. The first kappa shape index (κ1) is 6.89. The molecule has 0 aromatic carbocycles. The molecular formula is C5H6N6O. The molecule has 0 radical (unpaired) electrons. The van der Waals surface area contributed by atoms with Gasteiger partial charge in [-0.2, -0.15) is 0 Å². The molecule has 2 heterocycles. The van der Waals surface area contributed by atoms with Gasteiger partial charge in [0, 0.05) is 6.54 Å². The van der Waals surface area contributed by atoms with E-state index in [9.17, 15) is 4.79 Å². The van der Waals surface area contributed by atoms with Crippen LogP contribution in [0.2, 0.25) is 0 Å². The van der Waals surface area contributed by atoms with Crippen molar-refractivity contribution in [2.45, 2.75) is 13.5 Å².